The summed E-state index contributed by atoms with van der Waals surface area (Å²) >= 11 is 3.40. The number of carbonyl (C=O) groups is 2. The molecular formula is C18H20BrN2O3+. The summed E-state index contributed by atoms with van der Waals surface area (Å²) in [5.41, 5.74) is 1.96. The molecular weight excluding hydrogens is 372 g/mol. The van der Waals surface area contributed by atoms with Crippen LogP contribution < -0.4 is 10.2 Å². The lowest BCUT2D eigenvalue weighted by molar-refractivity contribution is -0.885. The van der Waals surface area contributed by atoms with Crippen molar-refractivity contribution < 1.29 is 19.2 Å². The molecule has 0 aromatic heterocycles. The molecule has 0 aliphatic heterocycles. The number of rotatable bonds is 6. The Morgan fingerprint density at radius 1 is 1.12 bits per heavy atom. The monoisotopic (exact) mass is 391 g/mol. The fourth-order valence-electron chi connectivity index (χ4n) is 2.36. The molecule has 1 atom stereocenters. The van der Waals surface area contributed by atoms with Gasteiger partial charge in [0, 0.05) is 10.0 Å². The number of esters is 1. The number of hydrogen-bond donors (Lipinski definition) is 2. The number of nitrogens with one attached hydrogen (secondary N) is 2. The molecule has 0 bridgehead atoms. The van der Waals surface area contributed by atoms with Crippen LogP contribution in [0, 0.1) is 0 Å². The van der Waals surface area contributed by atoms with Gasteiger partial charge in [-0.25, -0.2) is 4.79 Å². The molecule has 2 N–H and O–H groups in total. The summed E-state index contributed by atoms with van der Waals surface area (Å²) in [5, 5.41) is 2.78. The first-order valence-corrected chi connectivity index (χ1v) is 8.32. The number of anilines is 1. The molecule has 2 aromatic rings. The third-order valence-corrected chi connectivity index (χ3v) is 4.02. The van der Waals surface area contributed by atoms with Gasteiger partial charge < -0.3 is 15.0 Å². The van der Waals surface area contributed by atoms with Gasteiger partial charge in [0.05, 0.1) is 25.4 Å². The number of benzene rings is 2. The lowest BCUT2D eigenvalue weighted by Crippen LogP contribution is -3.08. The maximum atomic E-state index is 12.2. The fraction of sp³-hybridized carbons (Fsp3) is 0.222. The van der Waals surface area contributed by atoms with E-state index in [4.69, 9.17) is 4.74 Å². The number of likely N-dealkylation sites (N-methyl/N-ethyl adjacent to an activating group) is 1. The predicted molar refractivity (Wildman–Crippen MR) is 96.0 cm³/mol. The second-order valence-electron chi connectivity index (χ2n) is 5.52. The summed E-state index contributed by atoms with van der Waals surface area (Å²) in [4.78, 5) is 25.0. The summed E-state index contributed by atoms with van der Waals surface area (Å²) in [6.45, 7) is 1.03. The van der Waals surface area contributed by atoms with Crippen LogP contribution in [0.5, 0.6) is 0 Å². The van der Waals surface area contributed by atoms with E-state index in [1.54, 1.807) is 24.3 Å². The van der Waals surface area contributed by atoms with Gasteiger partial charge in [-0.15, -0.1) is 0 Å². The van der Waals surface area contributed by atoms with Crippen molar-refractivity contribution in [2.24, 2.45) is 0 Å². The number of ether oxygens (including phenoxy) is 1. The maximum absolute atomic E-state index is 12.2. The molecule has 1 amide bonds. The number of para-hydroxylation sites is 1. The maximum Gasteiger partial charge on any atom is 0.339 e. The molecule has 2 aromatic carbocycles. The van der Waals surface area contributed by atoms with E-state index >= 15 is 0 Å². The standard InChI is InChI=1S/C18H19BrN2O3/c1-21(11-13-7-9-14(19)10-8-13)12-17(22)20-16-6-4-3-5-15(16)18(23)24-2/h3-10H,11-12H2,1-2H3,(H,20,22)/p+1. The molecule has 0 saturated carbocycles. The van der Waals surface area contributed by atoms with Crippen LogP contribution in [0.2, 0.25) is 0 Å². The summed E-state index contributed by atoms with van der Waals surface area (Å²) in [6.07, 6.45) is 0. The smallest absolute Gasteiger partial charge is 0.339 e. The Bertz CT molecular complexity index is 716. The van der Waals surface area contributed by atoms with Crippen molar-refractivity contribution in [3.05, 3.63) is 64.1 Å². The van der Waals surface area contributed by atoms with Gasteiger partial charge in [-0.3, -0.25) is 4.79 Å². The van der Waals surface area contributed by atoms with Gasteiger partial charge in [-0.2, -0.15) is 0 Å². The summed E-state index contributed by atoms with van der Waals surface area (Å²) in [5.74, 6) is -0.623. The third-order valence-electron chi connectivity index (χ3n) is 3.49. The zero-order valence-corrected chi connectivity index (χ0v) is 15.2. The van der Waals surface area contributed by atoms with Crippen molar-refractivity contribution in [3.63, 3.8) is 0 Å². The summed E-state index contributed by atoms with van der Waals surface area (Å²) in [6, 6.07) is 14.8. The highest BCUT2D eigenvalue weighted by atomic mass is 79.9. The number of amides is 1. The van der Waals surface area contributed by atoms with Crippen LogP contribution in [0.15, 0.2) is 53.0 Å². The minimum Gasteiger partial charge on any atom is -0.465 e. The predicted octanol–water partition coefficient (Wildman–Crippen LogP) is 1.89. The Labute approximate surface area is 149 Å². The Balaban J connectivity index is 1.95. The van der Waals surface area contributed by atoms with Crippen LogP contribution >= 0.6 is 15.9 Å². The molecule has 0 fully saturated rings. The van der Waals surface area contributed by atoms with Gasteiger partial charge in [0.15, 0.2) is 6.54 Å². The number of hydrogen-bond acceptors (Lipinski definition) is 3. The van der Waals surface area contributed by atoms with Crippen molar-refractivity contribution in [1.82, 2.24) is 0 Å². The Hall–Kier alpha value is -2.18. The first kappa shape index (κ1) is 18.2. The Morgan fingerprint density at radius 2 is 1.79 bits per heavy atom. The third kappa shape index (κ3) is 5.18. The van der Waals surface area contributed by atoms with Gasteiger partial charge >= 0.3 is 5.97 Å². The average molecular weight is 392 g/mol. The second kappa shape index (κ2) is 8.61. The molecule has 24 heavy (non-hydrogen) atoms. The van der Waals surface area contributed by atoms with Crippen molar-refractivity contribution >= 4 is 33.5 Å². The van der Waals surface area contributed by atoms with E-state index in [9.17, 15) is 9.59 Å². The molecule has 126 valence electrons. The minimum absolute atomic E-state index is 0.152. The first-order chi connectivity index (χ1) is 11.5. The number of carbonyl (C=O) groups excluding carboxylic acids is 2. The van der Waals surface area contributed by atoms with Crippen LogP contribution in [-0.4, -0.2) is 32.6 Å². The van der Waals surface area contributed by atoms with E-state index in [1.807, 2.05) is 31.3 Å². The molecule has 0 radical (unpaired) electrons. The van der Waals surface area contributed by atoms with Gasteiger partial charge in [-0.1, -0.05) is 40.2 Å². The lowest BCUT2D eigenvalue weighted by Gasteiger charge is -2.15. The molecule has 0 saturated heterocycles. The van der Waals surface area contributed by atoms with E-state index in [1.165, 1.54) is 7.11 Å². The zero-order chi connectivity index (χ0) is 17.5. The van der Waals surface area contributed by atoms with Crippen LogP contribution in [0.4, 0.5) is 5.69 Å². The first-order valence-electron chi connectivity index (χ1n) is 7.52. The van der Waals surface area contributed by atoms with E-state index in [2.05, 4.69) is 21.2 Å². The molecule has 0 aliphatic rings. The van der Waals surface area contributed by atoms with E-state index < -0.39 is 5.97 Å². The van der Waals surface area contributed by atoms with Crippen molar-refractivity contribution in [1.29, 1.82) is 0 Å². The highest BCUT2D eigenvalue weighted by Gasteiger charge is 2.15. The molecule has 0 heterocycles. The largest absolute Gasteiger partial charge is 0.465 e. The van der Waals surface area contributed by atoms with Gasteiger partial charge in [-0.05, 0) is 24.3 Å². The zero-order valence-electron chi connectivity index (χ0n) is 13.6. The van der Waals surface area contributed by atoms with E-state index in [0.29, 0.717) is 17.8 Å². The number of methoxy groups -OCH3 is 1. The highest BCUT2D eigenvalue weighted by Crippen LogP contribution is 2.15. The Morgan fingerprint density at radius 3 is 2.46 bits per heavy atom. The van der Waals surface area contributed by atoms with Gasteiger partial charge in [0.25, 0.3) is 5.91 Å². The summed E-state index contributed by atoms with van der Waals surface area (Å²) in [7, 11) is 3.27. The van der Waals surface area contributed by atoms with Crippen molar-refractivity contribution in [2.45, 2.75) is 6.54 Å². The number of quaternary nitrogens is 1. The van der Waals surface area contributed by atoms with Crippen LogP contribution in [-0.2, 0) is 16.1 Å². The SMILES string of the molecule is COC(=O)c1ccccc1NC(=O)C[NH+](C)Cc1ccc(Br)cc1. The van der Waals surface area contributed by atoms with E-state index in [0.717, 1.165) is 21.5 Å². The summed E-state index contributed by atoms with van der Waals surface area (Å²) < 4.78 is 5.76. The molecule has 2 rings (SSSR count). The fourth-order valence-corrected chi connectivity index (χ4v) is 2.63. The molecule has 5 nitrogen and oxygen atoms in total. The van der Waals surface area contributed by atoms with Crippen molar-refractivity contribution in [3.8, 4) is 0 Å². The van der Waals surface area contributed by atoms with Crippen molar-refractivity contribution in [2.75, 3.05) is 26.0 Å². The number of halogens is 1. The molecule has 0 aliphatic carbocycles. The highest BCUT2D eigenvalue weighted by molar-refractivity contribution is 9.10. The van der Waals surface area contributed by atoms with Gasteiger partial charge in [0.1, 0.15) is 6.54 Å². The lowest BCUT2D eigenvalue weighted by atomic mass is 10.2. The van der Waals surface area contributed by atoms with Crippen LogP contribution in [0.1, 0.15) is 15.9 Å². The molecule has 6 heteroatoms. The molecule has 1 unspecified atom stereocenters. The quantitative estimate of drug-likeness (QED) is 0.739. The van der Waals surface area contributed by atoms with Gasteiger partial charge in [0.2, 0.25) is 0 Å². The average Bonchev–Trinajstić information content (AvgIpc) is 2.56. The topological polar surface area (TPSA) is 59.8 Å². The second-order valence-corrected chi connectivity index (χ2v) is 6.44. The Kier molecular flexibility index (Phi) is 6.52. The van der Waals surface area contributed by atoms with Crippen LogP contribution in [0.3, 0.4) is 0 Å². The minimum atomic E-state index is -0.471. The van der Waals surface area contributed by atoms with E-state index in [-0.39, 0.29) is 5.91 Å². The molecule has 0 spiro atoms. The van der Waals surface area contributed by atoms with Crippen LogP contribution in [0.25, 0.3) is 0 Å². The normalized spacial score (nSPS) is 11.6.